The van der Waals surface area contributed by atoms with E-state index in [9.17, 15) is 14.9 Å². The fourth-order valence-electron chi connectivity index (χ4n) is 2.61. The number of carbonyl (C=O) groups excluding carboxylic acids is 1. The molecule has 0 aromatic heterocycles. The Labute approximate surface area is 132 Å². The Morgan fingerprint density at radius 3 is 2.67 bits per heavy atom. The van der Waals surface area contributed by atoms with E-state index >= 15 is 0 Å². The van der Waals surface area contributed by atoms with Gasteiger partial charge in [-0.15, -0.1) is 0 Å². The molecule has 1 aliphatic carbocycles. The molecule has 1 N–H and O–H groups in total. The lowest BCUT2D eigenvalue weighted by Crippen LogP contribution is -2.31. The van der Waals surface area contributed by atoms with Gasteiger partial charge in [0.1, 0.15) is 0 Å². The molecule has 0 radical (unpaired) electrons. The van der Waals surface area contributed by atoms with Gasteiger partial charge in [0.25, 0.3) is 11.6 Å². The highest BCUT2D eigenvalue weighted by atomic mass is 79.9. The average molecular weight is 355 g/mol. The smallest absolute Gasteiger partial charge is 0.273 e. The molecule has 1 aromatic rings. The van der Waals surface area contributed by atoms with E-state index in [0.29, 0.717) is 28.4 Å². The zero-order valence-corrected chi connectivity index (χ0v) is 13.6. The number of amides is 1. The second-order valence-electron chi connectivity index (χ2n) is 5.59. The summed E-state index contributed by atoms with van der Waals surface area (Å²) in [7, 11) is 0. The first-order chi connectivity index (χ1) is 9.97. The molecule has 0 unspecified atom stereocenters. The quantitative estimate of drug-likeness (QED) is 0.510. The minimum Gasteiger partial charge on any atom is -0.352 e. The summed E-state index contributed by atoms with van der Waals surface area (Å²) in [5, 5.41) is 13.8. The first kappa shape index (κ1) is 15.9. The third kappa shape index (κ3) is 4.27. The average Bonchev–Trinajstić information content (AvgIpc) is 2.46. The van der Waals surface area contributed by atoms with Gasteiger partial charge in [-0.25, -0.2) is 0 Å². The third-order valence-corrected chi connectivity index (χ3v) is 4.91. The second-order valence-corrected chi connectivity index (χ2v) is 6.88. The maximum absolute atomic E-state index is 12.1. The number of aryl methyl sites for hydroxylation is 1. The first-order valence-electron chi connectivity index (χ1n) is 7.14. The normalized spacial score (nSPS) is 21.8. The van der Waals surface area contributed by atoms with Crippen LogP contribution < -0.4 is 5.32 Å². The Kier molecular flexibility index (Phi) is 5.33. The zero-order chi connectivity index (χ0) is 15.4. The van der Waals surface area contributed by atoms with Crippen molar-refractivity contribution in [2.45, 2.75) is 37.4 Å². The summed E-state index contributed by atoms with van der Waals surface area (Å²) in [6, 6.07) is 4.59. The van der Waals surface area contributed by atoms with Crippen LogP contribution in [0.25, 0.3) is 0 Å². The van der Waals surface area contributed by atoms with Gasteiger partial charge in [0.15, 0.2) is 0 Å². The largest absolute Gasteiger partial charge is 0.352 e. The molecule has 0 bridgehead atoms. The zero-order valence-electron chi connectivity index (χ0n) is 12.0. The number of nitrogens with one attached hydrogen (secondary N) is 1. The van der Waals surface area contributed by atoms with Crippen molar-refractivity contribution in [2.75, 3.05) is 6.54 Å². The van der Waals surface area contributed by atoms with E-state index in [2.05, 4.69) is 21.2 Å². The van der Waals surface area contributed by atoms with Gasteiger partial charge >= 0.3 is 0 Å². The number of halogens is 1. The van der Waals surface area contributed by atoms with Gasteiger partial charge in [-0.2, -0.15) is 0 Å². The Morgan fingerprint density at radius 1 is 1.38 bits per heavy atom. The minimum absolute atomic E-state index is 0.0116. The molecule has 1 aromatic carbocycles. The van der Waals surface area contributed by atoms with Crippen LogP contribution >= 0.6 is 15.9 Å². The van der Waals surface area contributed by atoms with Gasteiger partial charge in [0.2, 0.25) is 0 Å². The van der Waals surface area contributed by atoms with Crippen molar-refractivity contribution < 1.29 is 9.72 Å². The number of nitrogens with zero attached hydrogens (tertiary/aromatic N) is 1. The van der Waals surface area contributed by atoms with Gasteiger partial charge in [-0.3, -0.25) is 14.9 Å². The predicted octanol–water partition coefficient (Wildman–Crippen LogP) is 3.59. The van der Waals surface area contributed by atoms with Crippen LogP contribution in [-0.4, -0.2) is 22.2 Å². The van der Waals surface area contributed by atoms with Crippen LogP contribution in [0.4, 0.5) is 5.69 Å². The highest BCUT2D eigenvalue weighted by Crippen LogP contribution is 2.28. The molecular formula is C15H19BrN2O3. The van der Waals surface area contributed by atoms with Gasteiger partial charge in [-0.05, 0) is 44.6 Å². The van der Waals surface area contributed by atoms with Crippen LogP contribution in [0.15, 0.2) is 18.2 Å². The van der Waals surface area contributed by atoms with Crippen molar-refractivity contribution in [3.63, 3.8) is 0 Å². The van der Waals surface area contributed by atoms with Crippen molar-refractivity contribution >= 4 is 27.5 Å². The van der Waals surface area contributed by atoms with E-state index in [1.807, 2.05) is 0 Å². The highest BCUT2D eigenvalue weighted by Gasteiger charge is 2.20. The number of hydrogen-bond acceptors (Lipinski definition) is 3. The van der Waals surface area contributed by atoms with Crippen molar-refractivity contribution in [1.29, 1.82) is 0 Å². The number of rotatable bonds is 4. The summed E-state index contributed by atoms with van der Waals surface area (Å²) in [4.78, 5) is 23.1. The summed E-state index contributed by atoms with van der Waals surface area (Å²) in [5.74, 6) is 0.266. The van der Waals surface area contributed by atoms with Crippen LogP contribution in [0.5, 0.6) is 0 Å². The van der Waals surface area contributed by atoms with Crippen LogP contribution in [0.1, 0.15) is 41.6 Å². The fraction of sp³-hybridized carbons (Fsp3) is 0.533. The molecule has 0 aliphatic heterocycles. The van der Waals surface area contributed by atoms with E-state index < -0.39 is 4.92 Å². The van der Waals surface area contributed by atoms with E-state index in [4.69, 9.17) is 0 Å². The van der Waals surface area contributed by atoms with E-state index in [0.717, 1.165) is 25.7 Å². The Bertz CT molecular complexity index is 540. The number of benzene rings is 1. The van der Waals surface area contributed by atoms with Crippen molar-refractivity contribution in [3.05, 3.63) is 39.4 Å². The lowest BCUT2D eigenvalue weighted by molar-refractivity contribution is -0.385. The predicted molar refractivity (Wildman–Crippen MR) is 84.8 cm³/mol. The molecule has 0 saturated heterocycles. The lowest BCUT2D eigenvalue weighted by Gasteiger charge is -2.25. The van der Waals surface area contributed by atoms with Crippen LogP contribution in [0, 0.1) is 23.0 Å². The van der Waals surface area contributed by atoms with Crippen LogP contribution in [0.3, 0.4) is 0 Å². The molecule has 1 aliphatic rings. The maximum atomic E-state index is 12.1. The molecule has 5 nitrogen and oxygen atoms in total. The topological polar surface area (TPSA) is 72.2 Å². The Hall–Kier alpha value is -1.43. The van der Waals surface area contributed by atoms with E-state index in [-0.39, 0.29) is 11.6 Å². The fourth-order valence-corrected chi connectivity index (χ4v) is 3.14. The summed E-state index contributed by atoms with van der Waals surface area (Å²) < 4.78 is 0. The summed E-state index contributed by atoms with van der Waals surface area (Å²) in [5.41, 5.74) is 0.899. The molecule has 1 fully saturated rings. The second kappa shape index (κ2) is 7.02. The Balaban J connectivity index is 1.94. The van der Waals surface area contributed by atoms with Crippen LogP contribution in [-0.2, 0) is 0 Å². The van der Waals surface area contributed by atoms with Crippen molar-refractivity contribution in [1.82, 2.24) is 5.32 Å². The number of carbonyl (C=O) groups is 1. The van der Waals surface area contributed by atoms with Crippen molar-refractivity contribution in [2.24, 2.45) is 5.92 Å². The standard InChI is InChI=1S/C15H19BrN2O3/c1-10-2-5-12(8-14(10)18(20)21)15(19)17-9-11-3-6-13(16)7-4-11/h2,5,8,11,13H,3-4,6-7,9H2,1H3,(H,17,19). The molecular weight excluding hydrogens is 336 g/mol. The van der Waals surface area contributed by atoms with Crippen molar-refractivity contribution in [3.8, 4) is 0 Å². The third-order valence-electron chi connectivity index (χ3n) is 4.00. The molecule has 1 saturated carbocycles. The van der Waals surface area contributed by atoms with Gasteiger partial charge in [0.05, 0.1) is 4.92 Å². The van der Waals surface area contributed by atoms with Crippen LogP contribution in [0.2, 0.25) is 0 Å². The highest BCUT2D eigenvalue weighted by molar-refractivity contribution is 9.09. The molecule has 2 rings (SSSR count). The number of nitro groups is 1. The number of nitro benzene ring substituents is 1. The molecule has 0 atom stereocenters. The SMILES string of the molecule is Cc1ccc(C(=O)NCC2CCC(Br)CC2)cc1[N+](=O)[O-]. The summed E-state index contributed by atoms with van der Waals surface area (Å²) >= 11 is 3.61. The summed E-state index contributed by atoms with van der Waals surface area (Å²) in [6.45, 7) is 2.30. The van der Waals surface area contributed by atoms with E-state index in [1.165, 1.54) is 6.07 Å². The monoisotopic (exact) mass is 354 g/mol. The molecule has 0 heterocycles. The number of hydrogen-bond donors (Lipinski definition) is 1. The van der Waals surface area contributed by atoms with Gasteiger partial charge < -0.3 is 5.32 Å². The maximum Gasteiger partial charge on any atom is 0.273 e. The molecule has 1 amide bonds. The summed E-state index contributed by atoms with van der Waals surface area (Å²) in [6.07, 6.45) is 4.47. The van der Waals surface area contributed by atoms with Gasteiger partial charge in [-0.1, -0.05) is 22.0 Å². The Morgan fingerprint density at radius 2 is 2.05 bits per heavy atom. The number of alkyl halides is 1. The molecule has 0 spiro atoms. The first-order valence-corrected chi connectivity index (χ1v) is 8.06. The molecule has 6 heteroatoms. The van der Waals surface area contributed by atoms with Gasteiger partial charge in [0, 0.05) is 28.6 Å². The van der Waals surface area contributed by atoms with E-state index in [1.54, 1.807) is 19.1 Å². The molecule has 21 heavy (non-hydrogen) atoms. The minimum atomic E-state index is -0.455. The lowest BCUT2D eigenvalue weighted by atomic mass is 9.89. The molecule has 114 valence electrons.